The quantitative estimate of drug-likeness (QED) is 0.618. The van der Waals surface area contributed by atoms with Gasteiger partial charge in [-0.05, 0) is 68.0 Å². The van der Waals surface area contributed by atoms with Crippen molar-refractivity contribution >= 4 is 8.32 Å². The lowest BCUT2D eigenvalue weighted by Gasteiger charge is -2.49. The topological polar surface area (TPSA) is 47.9 Å². The summed E-state index contributed by atoms with van der Waals surface area (Å²) >= 11 is 0. The second-order valence-electron chi connectivity index (χ2n) is 11.5. The van der Waals surface area contributed by atoms with Crippen LogP contribution in [0.2, 0.25) is 18.1 Å². The number of fused-ring (bicyclic) bond motifs is 2. The molecule has 0 aromatic carbocycles. The molecule has 0 aromatic heterocycles. The van der Waals surface area contributed by atoms with Crippen LogP contribution in [0.3, 0.4) is 0 Å². The Morgan fingerprint density at radius 1 is 1.14 bits per heavy atom. The summed E-state index contributed by atoms with van der Waals surface area (Å²) in [6, 6.07) is 0. The van der Waals surface area contributed by atoms with Crippen LogP contribution in [-0.4, -0.2) is 44.6 Å². The van der Waals surface area contributed by atoms with E-state index in [1.54, 1.807) is 0 Å². The van der Waals surface area contributed by atoms with Crippen LogP contribution in [0.5, 0.6) is 0 Å². The van der Waals surface area contributed by atoms with Crippen LogP contribution < -0.4 is 0 Å². The van der Waals surface area contributed by atoms with E-state index in [2.05, 4.69) is 33.9 Å². The predicted octanol–water partition coefficient (Wildman–Crippen LogP) is 5.11. The molecule has 1 saturated heterocycles. The second kappa shape index (κ2) is 7.63. The normalized spacial score (nSPS) is 36.6. The molecule has 0 aromatic rings. The Balaban J connectivity index is 1.39. The molecule has 3 aliphatic carbocycles. The van der Waals surface area contributed by atoms with E-state index < -0.39 is 8.32 Å². The van der Waals surface area contributed by atoms with Gasteiger partial charge in [0, 0.05) is 18.4 Å². The third kappa shape index (κ3) is 3.75. The second-order valence-corrected chi connectivity index (χ2v) is 16.2. The van der Waals surface area contributed by atoms with Crippen molar-refractivity contribution < 1.29 is 19.0 Å². The fourth-order valence-electron chi connectivity index (χ4n) is 6.15. The van der Waals surface area contributed by atoms with E-state index in [-0.39, 0.29) is 16.9 Å². The fraction of sp³-hybridized carbons (Fsp3) is 1.00. The summed E-state index contributed by atoms with van der Waals surface area (Å²) in [7, 11) is -1.77. The molecule has 1 heterocycles. The van der Waals surface area contributed by atoms with Crippen LogP contribution in [0.25, 0.3) is 0 Å². The van der Waals surface area contributed by atoms with Gasteiger partial charge in [-0.15, -0.1) is 0 Å². The number of hydrogen-bond donors (Lipinski definition) is 1. The van der Waals surface area contributed by atoms with Crippen molar-refractivity contribution in [3.05, 3.63) is 0 Å². The first-order valence-electron chi connectivity index (χ1n) is 11.8. The molecule has 0 amide bonds. The van der Waals surface area contributed by atoms with Gasteiger partial charge in [0.2, 0.25) is 0 Å². The summed E-state index contributed by atoms with van der Waals surface area (Å²) in [5, 5.41) is 11.1. The summed E-state index contributed by atoms with van der Waals surface area (Å²) in [6.07, 6.45) is 9.58. The number of hydrogen-bond acceptors (Lipinski definition) is 4. The zero-order valence-corrected chi connectivity index (χ0v) is 19.7. The Labute approximate surface area is 172 Å². The maximum atomic E-state index is 10.8. The molecule has 28 heavy (non-hydrogen) atoms. The number of ether oxygens (including phenoxy) is 2. The summed E-state index contributed by atoms with van der Waals surface area (Å²) in [5.74, 6) is 1.75. The van der Waals surface area contributed by atoms with Crippen molar-refractivity contribution in [2.75, 3.05) is 13.2 Å². The van der Waals surface area contributed by atoms with E-state index in [9.17, 15) is 5.11 Å². The summed E-state index contributed by atoms with van der Waals surface area (Å²) in [4.78, 5) is 0. The van der Waals surface area contributed by atoms with E-state index in [1.165, 1.54) is 25.7 Å². The van der Waals surface area contributed by atoms with Crippen molar-refractivity contribution in [1.29, 1.82) is 0 Å². The number of aliphatic hydroxyl groups is 1. The van der Waals surface area contributed by atoms with Crippen LogP contribution in [0, 0.1) is 23.7 Å². The van der Waals surface area contributed by atoms with Gasteiger partial charge in [-0.25, -0.2) is 0 Å². The van der Waals surface area contributed by atoms with Crippen molar-refractivity contribution in [3.63, 3.8) is 0 Å². The zero-order chi connectivity index (χ0) is 20.2. The van der Waals surface area contributed by atoms with E-state index in [0.29, 0.717) is 37.1 Å². The highest BCUT2D eigenvalue weighted by atomic mass is 28.4. The van der Waals surface area contributed by atoms with E-state index in [4.69, 9.17) is 13.9 Å². The molecule has 0 bridgehead atoms. The molecular formula is C23H42O4Si. The third-order valence-corrected chi connectivity index (χ3v) is 13.4. The molecule has 1 N–H and O–H groups in total. The maximum absolute atomic E-state index is 10.8. The lowest BCUT2D eigenvalue weighted by Crippen LogP contribution is -2.54. The molecule has 4 fully saturated rings. The fourth-order valence-corrected chi connectivity index (χ4v) is 7.57. The molecule has 4 rings (SSSR count). The minimum Gasteiger partial charge on any atom is -0.414 e. The predicted molar refractivity (Wildman–Crippen MR) is 114 cm³/mol. The average molecular weight is 411 g/mol. The largest absolute Gasteiger partial charge is 0.414 e. The number of rotatable bonds is 6. The summed E-state index contributed by atoms with van der Waals surface area (Å²) < 4.78 is 18.9. The van der Waals surface area contributed by atoms with Crippen LogP contribution in [0.1, 0.15) is 72.1 Å². The smallest absolute Gasteiger partial charge is 0.192 e. The summed E-state index contributed by atoms with van der Waals surface area (Å²) in [5.41, 5.74) is 0. The Kier molecular flexibility index (Phi) is 5.81. The minimum absolute atomic E-state index is 0.195. The van der Waals surface area contributed by atoms with E-state index in [1.807, 2.05) is 0 Å². The van der Waals surface area contributed by atoms with Crippen molar-refractivity contribution in [2.45, 2.75) is 108 Å². The first kappa shape index (κ1) is 21.3. The van der Waals surface area contributed by atoms with Crippen LogP contribution in [0.15, 0.2) is 0 Å². The summed E-state index contributed by atoms with van der Waals surface area (Å²) in [6.45, 7) is 13.2. The first-order valence-corrected chi connectivity index (χ1v) is 14.7. The molecule has 162 valence electrons. The van der Waals surface area contributed by atoms with Gasteiger partial charge in [0.25, 0.3) is 0 Å². The lowest BCUT2D eigenvalue weighted by molar-refractivity contribution is -0.272. The molecule has 1 spiro atoms. The third-order valence-electron chi connectivity index (χ3n) is 8.88. The first-order chi connectivity index (χ1) is 13.1. The maximum Gasteiger partial charge on any atom is 0.192 e. The Hall–Kier alpha value is 0.0569. The minimum atomic E-state index is -1.77. The van der Waals surface area contributed by atoms with Crippen molar-refractivity contribution in [1.82, 2.24) is 0 Å². The molecule has 5 heteroatoms. The Bertz CT molecular complexity index is 545. The van der Waals surface area contributed by atoms with Gasteiger partial charge < -0.3 is 19.0 Å². The molecule has 3 saturated carbocycles. The van der Waals surface area contributed by atoms with Crippen molar-refractivity contribution in [2.24, 2.45) is 23.7 Å². The molecule has 0 radical (unpaired) electrons. The van der Waals surface area contributed by atoms with Gasteiger partial charge in [-0.2, -0.15) is 0 Å². The van der Waals surface area contributed by atoms with Gasteiger partial charge >= 0.3 is 0 Å². The Morgan fingerprint density at radius 3 is 2.39 bits per heavy atom. The standard InChI is InChI=1S/C23H42O4Si/c1-22(2,3)28(4,5)27-21(16-8-6-7-9-16)11-10-17-18-15-23(25-12-13-26-23)19(18)14-20(17)24/h16-21,24H,6-15H2,1-5H3. The lowest BCUT2D eigenvalue weighted by atomic mass is 9.66. The van der Waals surface area contributed by atoms with E-state index in [0.717, 1.165) is 31.6 Å². The average Bonchev–Trinajstić information content (AvgIpc) is 3.32. The Morgan fingerprint density at radius 2 is 1.79 bits per heavy atom. The van der Waals surface area contributed by atoms with Crippen LogP contribution in [-0.2, 0) is 13.9 Å². The molecular weight excluding hydrogens is 368 g/mol. The number of aliphatic hydroxyl groups excluding tert-OH is 1. The van der Waals surface area contributed by atoms with Gasteiger partial charge in [0.15, 0.2) is 14.1 Å². The highest BCUT2D eigenvalue weighted by molar-refractivity contribution is 6.74. The van der Waals surface area contributed by atoms with Gasteiger partial charge in [-0.3, -0.25) is 0 Å². The van der Waals surface area contributed by atoms with E-state index >= 15 is 0 Å². The van der Waals surface area contributed by atoms with Crippen molar-refractivity contribution in [3.8, 4) is 0 Å². The van der Waals surface area contributed by atoms with Crippen LogP contribution >= 0.6 is 0 Å². The highest BCUT2D eigenvalue weighted by Gasteiger charge is 2.64. The van der Waals surface area contributed by atoms with Gasteiger partial charge in [0.1, 0.15) is 0 Å². The van der Waals surface area contributed by atoms with Gasteiger partial charge in [0.05, 0.1) is 19.3 Å². The molecule has 4 nitrogen and oxygen atoms in total. The molecule has 5 unspecified atom stereocenters. The zero-order valence-electron chi connectivity index (χ0n) is 18.7. The molecule has 5 atom stereocenters. The van der Waals surface area contributed by atoms with Gasteiger partial charge in [-0.1, -0.05) is 33.6 Å². The van der Waals surface area contributed by atoms with Crippen LogP contribution in [0.4, 0.5) is 0 Å². The molecule has 4 aliphatic rings. The monoisotopic (exact) mass is 410 g/mol. The molecule has 1 aliphatic heterocycles. The highest BCUT2D eigenvalue weighted by Crippen LogP contribution is 2.60. The SMILES string of the molecule is CC(C)(C)[Si](C)(C)OC(CCC1C(O)CC2C1CC21OCCO1)C1CCCC1.